The second-order valence-electron chi connectivity index (χ2n) is 1.55. The minimum atomic E-state index is -0.227. The molecule has 9 heavy (non-hydrogen) atoms. The Morgan fingerprint density at radius 3 is 2.00 bits per heavy atom. The summed E-state index contributed by atoms with van der Waals surface area (Å²) in [5.74, 6) is -0.227. The molecule has 0 aromatic heterocycles. The van der Waals surface area contributed by atoms with Crippen LogP contribution in [0.25, 0.3) is 0 Å². The van der Waals surface area contributed by atoms with Crippen LogP contribution in [0.15, 0.2) is 0 Å². The Morgan fingerprint density at radius 2 is 1.89 bits per heavy atom. The number of carbonyl (C=O) groups excluding carboxylic acids is 2. The highest BCUT2D eigenvalue weighted by Crippen LogP contribution is 2.00. The van der Waals surface area contributed by atoms with Crippen molar-refractivity contribution >= 4 is 22.9 Å². The van der Waals surface area contributed by atoms with E-state index < -0.39 is 0 Å². The van der Waals surface area contributed by atoms with Crippen molar-refractivity contribution < 1.29 is 9.59 Å². The first-order valence-corrected chi connectivity index (χ1v) is 3.64. The molecule has 0 aliphatic carbocycles. The summed E-state index contributed by atoms with van der Waals surface area (Å²) in [6, 6.07) is 0. The molecule has 0 fully saturated rings. The van der Waals surface area contributed by atoms with Crippen LogP contribution in [0.4, 0.5) is 4.79 Å². The molecule has 0 bridgehead atoms. The molecule has 0 unspecified atom stereocenters. The highest BCUT2D eigenvalue weighted by Gasteiger charge is 2.09. The lowest BCUT2D eigenvalue weighted by molar-refractivity contribution is -0.124. The van der Waals surface area contributed by atoms with Gasteiger partial charge in [0.05, 0.1) is 0 Å². The summed E-state index contributed by atoms with van der Waals surface area (Å²) in [6.07, 6.45) is 1.64. The van der Waals surface area contributed by atoms with Gasteiger partial charge in [0.15, 0.2) is 0 Å². The smallest absolute Gasteiger partial charge is 0.277 e. The van der Waals surface area contributed by atoms with E-state index >= 15 is 0 Å². The molecule has 0 radical (unpaired) electrons. The highest BCUT2D eigenvalue weighted by atomic mass is 32.2. The van der Waals surface area contributed by atoms with E-state index in [1.807, 2.05) is 0 Å². The Hall–Kier alpha value is -0.510. The van der Waals surface area contributed by atoms with E-state index in [2.05, 4.69) is 0 Å². The SMILES string of the molecule is CSC(=O)N(C)C(C)=O. The van der Waals surface area contributed by atoms with Gasteiger partial charge in [-0.25, -0.2) is 0 Å². The van der Waals surface area contributed by atoms with Crippen molar-refractivity contribution in [3.8, 4) is 0 Å². The minimum absolute atomic E-state index is 0.220. The number of rotatable bonds is 0. The second kappa shape index (κ2) is 3.50. The van der Waals surface area contributed by atoms with Crippen molar-refractivity contribution in [3.63, 3.8) is 0 Å². The van der Waals surface area contributed by atoms with Crippen LogP contribution in [0.1, 0.15) is 6.92 Å². The molecule has 0 saturated heterocycles. The van der Waals surface area contributed by atoms with Crippen molar-refractivity contribution in [2.45, 2.75) is 6.92 Å². The van der Waals surface area contributed by atoms with Gasteiger partial charge in [-0.3, -0.25) is 14.5 Å². The van der Waals surface area contributed by atoms with Crippen LogP contribution >= 0.6 is 11.8 Å². The van der Waals surface area contributed by atoms with E-state index in [0.29, 0.717) is 0 Å². The molecule has 0 heterocycles. The molecule has 0 aromatic rings. The molecule has 2 amide bonds. The summed E-state index contributed by atoms with van der Waals surface area (Å²) in [5, 5.41) is -0.220. The number of imide groups is 1. The molecule has 0 atom stereocenters. The lowest BCUT2D eigenvalue weighted by Crippen LogP contribution is -2.27. The topological polar surface area (TPSA) is 37.4 Å². The Morgan fingerprint density at radius 1 is 1.44 bits per heavy atom. The van der Waals surface area contributed by atoms with Crippen molar-refractivity contribution in [3.05, 3.63) is 0 Å². The summed E-state index contributed by atoms with van der Waals surface area (Å²) in [7, 11) is 1.46. The van der Waals surface area contributed by atoms with Gasteiger partial charge in [-0.05, 0) is 6.26 Å². The quantitative estimate of drug-likeness (QED) is 0.512. The van der Waals surface area contributed by atoms with Crippen LogP contribution in [0, 0.1) is 0 Å². The molecule has 0 saturated carbocycles. The number of nitrogens with zero attached hydrogens (tertiary/aromatic N) is 1. The Balaban J connectivity index is 3.88. The van der Waals surface area contributed by atoms with Crippen LogP contribution < -0.4 is 0 Å². The molecule has 0 aromatic carbocycles. The third-order valence-electron chi connectivity index (χ3n) is 0.921. The number of hydrogen-bond donors (Lipinski definition) is 0. The Bertz CT molecular complexity index is 135. The van der Waals surface area contributed by atoms with Gasteiger partial charge in [-0.1, -0.05) is 11.8 Å². The fourth-order valence-electron chi connectivity index (χ4n) is 0.265. The van der Waals surface area contributed by atoms with E-state index in [9.17, 15) is 9.59 Å². The third-order valence-corrected chi connectivity index (χ3v) is 1.54. The number of amides is 2. The lowest BCUT2D eigenvalue weighted by atomic mass is 10.6. The maximum Gasteiger partial charge on any atom is 0.287 e. The zero-order chi connectivity index (χ0) is 7.44. The molecule has 52 valence electrons. The summed E-state index contributed by atoms with van der Waals surface area (Å²) in [5.41, 5.74) is 0. The summed E-state index contributed by atoms with van der Waals surface area (Å²) in [6.45, 7) is 1.36. The van der Waals surface area contributed by atoms with Crippen LogP contribution in [0.3, 0.4) is 0 Å². The van der Waals surface area contributed by atoms with Crippen molar-refractivity contribution in [1.29, 1.82) is 0 Å². The molecule has 4 heteroatoms. The monoisotopic (exact) mass is 147 g/mol. The van der Waals surface area contributed by atoms with E-state index in [1.165, 1.54) is 14.0 Å². The molecular weight excluding hydrogens is 138 g/mol. The van der Waals surface area contributed by atoms with Crippen LogP contribution in [-0.4, -0.2) is 29.3 Å². The molecule has 0 spiro atoms. The maximum atomic E-state index is 10.6. The van der Waals surface area contributed by atoms with Gasteiger partial charge in [0.2, 0.25) is 5.91 Å². The van der Waals surface area contributed by atoms with Gasteiger partial charge >= 0.3 is 0 Å². The minimum Gasteiger partial charge on any atom is -0.277 e. The molecule has 0 rings (SSSR count). The maximum absolute atomic E-state index is 10.6. The van der Waals surface area contributed by atoms with Gasteiger partial charge in [0.1, 0.15) is 0 Å². The largest absolute Gasteiger partial charge is 0.287 e. The summed E-state index contributed by atoms with van der Waals surface area (Å²) < 4.78 is 0. The van der Waals surface area contributed by atoms with E-state index in [1.54, 1.807) is 6.26 Å². The number of hydrogen-bond acceptors (Lipinski definition) is 3. The molecule has 0 aliphatic rings. The van der Waals surface area contributed by atoms with Crippen molar-refractivity contribution in [1.82, 2.24) is 4.90 Å². The molecule has 0 aliphatic heterocycles. The standard InChI is InChI=1S/C5H9NO2S/c1-4(7)6(2)5(8)9-3/h1-3H3. The Labute approximate surface area is 58.4 Å². The number of thioether (sulfide) groups is 1. The van der Waals surface area contributed by atoms with Crippen LogP contribution in [-0.2, 0) is 4.79 Å². The average molecular weight is 147 g/mol. The predicted molar refractivity (Wildman–Crippen MR) is 37.4 cm³/mol. The summed E-state index contributed by atoms with van der Waals surface area (Å²) >= 11 is 1.03. The first-order chi connectivity index (χ1) is 4.09. The van der Waals surface area contributed by atoms with Gasteiger partial charge < -0.3 is 0 Å². The van der Waals surface area contributed by atoms with Gasteiger partial charge in [0, 0.05) is 14.0 Å². The molecular formula is C5H9NO2S. The fraction of sp³-hybridized carbons (Fsp3) is 0.600. The zero-order valence-electron chi connectivity index (χ0n) is 5.67. The normalized spacial score (nSPS) is 8.78. The zero-order valence-corrected chi connectivity index (χ0v) is 6.49. The number of carbonyl (C=O) groups is 2. The summed E-state index contributed by atoms with van der Waals surface area (Å²) in [4.78, 5) is 22.1. The van der Waals surface area contributed by atoms with Gasteiger partial charge in [-0.15, -0.1) is 0 Å². The highest BCUT2D eigenvalue weighted by molar-refractivity contribution is 8.12. The third kappa shape index (κ3) is 2.51. The van der Waals surface area contributed by atoms with Crippen LogP contribution in [0.5, 0.6) is 0 Å². The van der Waals surface area contributed by atoms with Crippen molar-refractivity contribution in [2.24, 2.45) is 0 Å². The molecule has 0 N–H and O–H groups in total. The van der Waals surface area contributed by atoms with Gasteiger partial charge in [-0.2, -0.15) is 0 Å². The fourth-order valence-corrected chi connectivity index (χ4v) is 0.668. The van der Waals surface area contributed by atoms with E-state index in [-0.39, 0.29) is 11.1 Å². The molecule has 3 nitrogen and oxygen atoms in total. The van der Waals surface area contributed by atoms with E-state index in [0.717, 1.165) is 16.7 Å². The predicted octanol–water partition coefficient (Wildman–Crippen LogP) is 0.948. The van der Waals surface area contributed by atoms with Crippen molar-refractivity contribution in [2.75, 3.05) is 13.3 Å². The van der Waals surface area contributed by atoms with Gasteiger partial charge in [0.25, 0.3) is 5.24 Å². The average Bonchev–Trinajstić information content (AvgIpc) is 1.84. The first-order valence-electron chi connectivity index (χ1n) is 2.42. The Kier molecular flexibility index (Phi) is 3.30. The second-order valence-corrected chi connectivity index (χ2v) is 2.31. The van der Waals surface area contributed by atoms with Crippen LogP contribution in [0.2, 0.25) is 0 Å². The first kappa shape index (κ1) is 8.49. The lowest BCUT2D eigenvalue weighted by Gasteiger charge is -2.08. The van der Waals surface area contributed by atoms with E-state index in [4.69, 9.17) is 0 Å².